The van der Waals surface area contributed by atoms with Gasteiger partial charge in [0.1, 0.15) is 11.6 Å². The Bertz CT molecular complexity index is 722. The van der Waals surface area contributed by atoms with E-state index in [1.807, 2.05) is 12.1 Å². The summed E-state index contributed by atoms with van der Waals surface area (Å²) in [5, 5.41) is 0. The Labute approximate surface area is 146 Å². The summed E-state index contributed by atoms with van der Waals surface area (Å²) < 4.78 is 36.5. The van der Waals surface area contributed by atoms with E-state index in [9.17, 15) is 8.78 Å². The van der Waals surface area contributed by atoms with E-state index < -0.39 is 11.6 Å². The van der Waals surface area contributed by atoms with Gasteiger partial charge < -0.3 is 9.46 Å². The molecular formula is C17H16BrF2NOS. The smallest absolute Gasteiger partial charge is 0.168 e. The number of anilines is 1. The summed E-state index contributed by atoms with van der Waals surface area (Å²) in [4.78, 5) is 0. The second kappa shape index (κ2) is 7.09. The topological polar surface area (TPSA) is 21.3 Å². The summed E-state index contributed by atoms with van der Waals surface area (Å²) >= 11 is 5.10. The fraction of sp³-hybridized carbons (Fsp3) is 0.294. The molecule has 1 saturated carbocycles. The van der Waals surface area contributed by atoms with Crippen LogP contribution >= 0.6 is 27.9 Å². The van der Waals surface area contributed by atoms with Crippen molar-refractivity contribution >= 4 is 33.6 Å². The van der Waals surface area contributed by atoms with Crippen molar-refractivity contribution in [3.8, 4) is 11.5 Å². The average Bonchev–Trinajstić information content (AvgIpc) is 3.34. The van der Waals surface area contributed by atoms with Crippen LogP contribution in [0, 0.1) is 11.6 Å². The van der Waals surface area contributed by atoms with Gasteiger partial charge in [0.15, 0.2) is 11.6 Å². The molecule has 3 rings (SSSR count). The maximum absolute atomic E-state index is 13.8. The monoisotopic (exact) mass is 399 g/mol. The third-order valence-corrected chi connectivity index (χ3v) is 4.83. The first-order valence-corrected chi connectivity index (χ1v) is 9.20. The SMILES string of the molecule is CCSNc1cc(Br)c(Oc2ccc(F)cc2F)cc1C1CC1. The average molecular weight is 400 g/mol. The Morgan fingerprint density at radius 3 is 2.65 bits per heavy atom. The van der Waals surface area contributed by atoms with Crippen LogP contribution in [-0.4, -0.2) is 5.75 Å². The second-order valence-corrected chi connectivity index (χ2v) is 7.28. The molecule has 0 heterocycles. The molecule has 0 amide bonds. The molecule has 2 nitrogen and oxygen atoms in total. The van der Waals surface area contributed by atoms with Crippen molar-refractivity contribution in [3.05, 3.63) is 52.0 Å². The van der Waals surface area contributed by atoms with Crippen LogP contribution in [0.25, 0.3) is 0 Å². The molecule has 0 radical (unpaired) electrons. The molecule has 0 bridgehead atoms. The molecule has 1 aliphatic carbocycles. The number of nitrogens with one attached hydrogen (secondary N) is 1. The summed E-state index contributed by atoms with van der Waals surface area (Å²) in [5.74, 6) is 0.684. The molecule has 0 aliphatic heterocycles. The summed E-state index contributed by atoms with van der Waals surface area (Å²) in [5.41, 5.74) is 2.23. The number of benzene rings is 2. The number of halogens is 3. The zero-order valence-electron chi connectivity index (χ0n) is 12.5. The largest absolute Gasteiger partial charge is 0.453 e. The van der Waals surface area contributed by atoms with Gasteiger partial charge in [0, 0.05) is 17.5 Å². The van der Waals surface area contributed by atoms with E-state index >= 15 is 0 Å². The van der Waals surface area contributed by atoms with Crippen molar-refractivity contribution in [2.45, 2.75) is 25.7 Å². The van der Waals surface area contributed by atoms with Crippen molar-refractivity contribution in [2.75, 3.05) is 10.5 Å². The highest BCUT2D eigenvalue weighted by molar-refractivity contribution is 9.10. The highest BCUT2D eigenvalue weighted by Gasteiger charge is 2.27. The molecule has 0 saturated heterocycles. The van der Waals surface area contributed by atoms with Gasteiger partial charge in [-0.3, -0.25) is 0 Å². The summed E-state index contributed by atoms with van der Waals surface area (Å²) in [6, 6.07) is 7.18. The Hall–Kier alpha value is -1.27. The van der Waals surface area contributed by atoms with E-state index in [2.05, 4.69) is 27.6 Å². The maximum Gasteiger partial charge on any atom is 0.168 e. The molecule has 1 N–H and O–H groups in total. The van der Waals surface area contributed by atoms with Crippen LogP contribution in [0.4, 0.5) is 14.5 Å². The first kappa shape index (κ1) is 16.6. The van der Waals surface area contributed by atoms with Crippen LogP contribution in [-0.2, 0) is 0 Å². The van der Waals surface area contributed by atoms with E-state index in [-0.39, 0.29) is 5.75 Å². The van der Waals surface area contributed by atoms with Crippen LogP contribution in [0.5, 0.6) is 11.5 Å². The van der Waals surface area contributed by atoms with Crippen molar-refractivity contribution in [2.24, 2.45) is 0 Å². The van der Waals surface area contributed by atoms with Gasteiger partial charge in [0.25, 0.3) is 0 Å². The van der Waals surface area contributed by atoms with E-state index in [1.165, 1.54) is 17.7 Å². The summed E-state index contributed by atoms with van der Waals surface area (Å²) in [6.07, 6.45) is 2.30. The van der Waals surface area contributed by atoms with Gasteiger partial charge in [-0.15, -0.1) is 0 Å². The van der Waals surface area contributed by atoms with Crippen molar-refractivity contribution in [3.63, 3.8) is 0 Å². The van der Waals surface area contributed by atoms with Crippen LogP contribution in [0.3, 0.4) is 0 Å². The molecule has 2 aromatic carbocycles. The van der Waals surface area contributed by atoms with Gasteiger partial charge >= 0.3 is 0 Å². The Kier molecular flexibility index (Phi) is 5.11. The molecule has 1 fully saturated rings. The molecule has 0 atom stereocenters. The van der Waals surface area contributed by atoms with Gasteiger partial charge in [-0.25, -0.2) is 8.78 Å². The second-order valence-electron chi connectivity index (χ2n) is 5.36. The molecule has 2 aromatic rings. The fourth-order valence-corrected chi connectivity index (χ4v) is 3.20. The predicted molar refractivity (Wildman–Crippen MR) is 94.3 cm³/mol. The molecule has 1 aliphatic rings. The Morgan fingerprint density at radius 1 is 1.22 bits per heavy atom. The fourth-order valence-electron chi connectivity index (χ4n) is 2.29. The van der Waals surface area contributed by atoms with Gasteiger partial charge in [-0.2, -0.15) is 0 Å². The quantitative estimate of drug-likeness (QED) is 0.561. The number of hydrogen-bond donors (Lipinski definition) is 1. The van der Waals surface area contributed by atoms with Crippen LogP contribution in [0.15, 0.2) is 34.8 Å². The summed E-state index contributed by atoms with van der Waals surface area (Å²) in [7, 11) is 0. The van der Waals surface area contributed by atoms with Gasteiger partial charge in [0.2, 0.25) is 0 Å². The number of ether oxygens (including phenoxy) is 1. The minimum Gasteiger partial charge on any atom is -0.453 e. The van der Waals surface area contributed by atoms with Crippen LogP contribution in [0.2, 0.25) is 0 Å². The Morgan fingerprint density at radius 2 is 2.00 bits per heavy atom. The zero-order chi connectivity index (χ0) is 16.4. The van der Waals surface area contributed by atoms with E-state index in [1.54, 1.807) is 11.9 Å². The summed E-state index contributed by atoms with van der Waals surface area (Å²) in [6.45, 7) is 2.08. The highest BCUT2D eigenvalue weighted by atomic mass is 79.9. The lowest BCUT2D eigenvalue weighted by Gasteiger charge is -2.15. The van der Waals surface area contributed by atoms with Crippen molar-refractivity contribution < 1.29 is 13.5 Å². The minimum atomic E-state index is -0.714. The lowest BCUT2D eigenvalue weighted by molar-refractivity contribution is 0.435. The third-order valence-electron chi connectivity index (χ3n) is 3.56. The Balaban J connectivity index is 1.91. The van der Waals surface area contributed by atoms with Crippen LogP contribution < -0.4 is 9.46 Å². The molecule has 122 valence electrons. The molecule has 23 heavy (non-hydrogen) atoms. The standard InChI is InChI=1S/C17H16BrF2NOS/c1-2-23-21-15-9-13(18)17(8-12(15)10-3-4-10)22-16-6-5-11(19)7-14(16)20/h5-10,21H,2-4H2,1H3. The molecule has 0 spiro atoms. The molecule has 6 heteroatoms. The number of hydrogen-bond acceptors (Lipinski definition) is 3. The van der Waals surface area contributed by atoms with E-state index in [4.69, 9.17) is 4.74 Å². The molecule has 0 aromatic heterocycles. The van der Waals surface area contributed by atoms with E-state index in [0.29, 0.717) is 11.7 Å². The van der Waals surface area contributed by atoms with E-state index in [0.717, 1.165) is 34.8 Å². The zero-order valence-corrected chi connectivity index (χ0v) is 14.9. The number of rotatable bonds is 6. The first-order chi connectivity index (χ1) is 11.1. The minimum absolute atomic E-state index is 0.0116. The molecular weight excluding hydrogens is 384 g/mol. The highest BCUT2D eigenvalue weighted by Crippen LogP contribution is 2.47. The first-order valence-electron chi connectivity index (χ1n) is 7.42. The predicted octanol–water partition coefficient (Wildman–Crippen LogP) is 6.48. The maximum atomic E-state index is 13.8. The van der Waals surface area contributed by atoms with Crippen molar-refractivity contribution in [1.82, 2.24) is 0 Å². The normalized spacial score (nSPS) is 13.9. The molecule has 0 unspecified atom stereocenters. The lowest BCUT2D eigenvalue weighted by Crippen LogP contribution is -1.97. The van der Waals surface area contributed by atoms with Gasteiger partial charge in [-0.1, -0.05) is 18.9 Å². The lowest BCUT2D eigenvalue weighted by atomic mass is 10.1. The van der Waals surface area contributed by atoms with Gasteiger partial charge in [0.05, 0.1) is 4.47 Å². The van der Waals surface area contributed by atoms with Crippen LogP contribution in [0.1, 0.15) is 31.2 Å². The van der Waals surface area contributed by atoms with Gasteiger partial charge in [-0.05, 0) is 64.5 Å². The van der Waals surface area contributed by atoms with Crippen molar-refractivity contribution in [1.29, 1.82) is 0 Å². The third kappa shape index (κ3) is 3.98.